The van der Waals surface area contributed by atoms with E-state index in [1.165, 1.54) is 4.90 Å². The summed E-state index contributed by atoms with van der Waals surface area (Å²) in [5.41, 5.74) is 1.09. The molecule has 0 fully saturated rings. The van der Waals surface area contributed by atoms with Crippen molar-refractivity contribution in [2.75, 3.05) is 24.7 Å². The Morgan fingerprint density at radius 2 is 1.94 bits per heavy atom. The lowest BCUT2D eigenvalue weighted by Crippen LogP contribution is -2.29. The molecule has 16 heavy (non-hydrogen) atoms. The van der Waals surface area contributed by atoms with Crippen LogP contribution in [0.15, 0.2) is 29.2 Å². The normalized spacial score (nSPS) is 14.5. The number of hydrogen-bond donors (Lipinski definition) is 2. The number of rotatable bonds is 6. The second-order valence-corrected chi connectivity index (χ2v) is 5.28. The van der Waals surface area contributed by atoms with E-state index in [9.17, 15) is 5.11 Å². The molecular weight excluding hydrogens is 218 g/mol. The average Bonchev–Trinajstić information content (AvgIpc) is 2.36. The fourth-order valence-electron chi connectivity index (χ4n) is 1.32. The van der Waals surface area contributed by atoms with Gasteiger partial charge in [0.2, 0.25) is 0 Å². The smallest absolute Gasteiger partial charge is 0.0501 e. The van der Waals surface area contributed by atoms with Crippen LogP contribution in [-0.4, -0.2) is 24.5 Å². The largest absolute Gasteiger partial charge is 0.396 e. The standard InChI is InChI=1S/C13H21NOS/c1-4-13(2,10-15)9-14-11-5-7-12(16-3)8-6-11/h5-8,14-15H,4,9-10H2,1-3H3. The van der Waals surface area contributed by atoms with E-state index in [4.69, 9.17) is 0 Å². The molecule has 0 saturated carbocycles. The lowest BCUT2D eigenvalue weighted by molar-refractivity contribution is 0.149. The maximum atomic E-state index is 9.30. The number of nitrogens with one attached hydrogen (secondary N) is 1. The van der Waals surface area contributed by atoms with E-state index in [2.05, 4.69) is 49.7 Å². The molecule has 2 N–H and O–H groups in total. The Bertz CT molecular complexity index is 306. The Labute approximate surface area is 102 Å². The second-order valence-electron chi connectivity index (χ2n) is 4.40. The van der Waals surface area contributed by atoms with Crippen LogP contribution in [0.5, 0.6) is 0 Å². The van der Waals surface area contributed by atoms with Crippen molar-refractivity contribution in [1.82, 2.24) is 0 Å². The molecule has 0 bridgehead atoms. The molecule has 2 nitrogen and oxygen atoms in total. The van der Waals surface area contributed by atoms with Gasteiger partial charge < -0.3 is 10.4 Å². The minimum absolute atomic E-state index is 0.0296. The van der Waals surface area contributed by atoms with Crippen LogP contribution in [0.3, 0.4) is 0 Å². The molecule has 0 aromatic heterocycles. The van der Waals surface area contributed by atoms with Crippen molar-refractivity contribution in [3.05, 3.63) is 24.3 Å². The highest BCUT2D eigenvalue weighted by atomic mass is 32.2. The third-order valence-electron chi connectivity index (χ3n) is 3.04. The van der Waals surface area contributed by atoms with Gasteiger partial charge in [0.25, 0.3) is 0 Å². The van der Waals surface area contributed by atoms with Crippen molar-refractivity contribution in [2.45, 2.75) is 25.2 Å². The summed E-state index contributed by atoms with van der Waals surface area (Å²) in [6.45, 7) is 5.23. The third-order valence-corrected chi connectivity index (χ3v) is 3.79. The monoisotopic (exact) mass is 239 g/mol. The molecule has 1 rings (SSSR count). The first-order chi connectivity index (χ1) is 7.63. The van der Waals surface area contributed by atoms with Gasteiger partial charge in [-0.3, -0.25) is 0 Å². The summed E-state index contributed by atoms with van der Waals surface area (Å²) >= 11 is 1.74. The molecule has 0 amide bonds. The second kappa shape index (κ2) is 6.16. The molecule has 0 saturated heterocycles. The predicted molar refractivity (Wildman–Crippen MR) is 72.2 cm³/mol. The average molecular weight is 239 g/mol. The van der Waals surface area contributed by atoms with Crippen molar-refractivity contribution in [3.8, 4) is 0 Å². The van der Waals surface area contributed by atoms with Crippen molar-refractivity contribution in [3.63, 3.8) is 0 Å². The van der Waals surface area contributed by atoms with Crippen molar-refractivity contribution in [2.24, 2.45) is 5.41 Å². The minimum Gasteiger partial charge on any atom is -0.396 e. The van der Waals surface area contributed by atoms with E-state index in [0.29, 0.717) is 0 Å². The summed E-state index contributed by atoms with van der Waals surface area (Å²) < 4.78 is 0. The highest BCUT2D eigenvalue weighted by Gasteiger charge is 2.20. The molecular formula is C13H21NOS. The number of anilines is 1. The molecule has 0 heterocycles. The van der Waals surface area contributed by atoms with Crippen molar-refractivity contribution < 1.29 is 5.11 Å². The number of hydrogen-bond acceptors (Lipinski definition) is 3. The topological polar surface area (TPSA) is 32.3 Å². The van der Waals surface area contributed by atoms with E-state index in [-0.39, 0.29) is 12.0 Å². The molecule has 1 unspecified atom stereocenters. The molecule has 1 atom stereocenters. The van der Waals surface area contributed by atoms with Crippen LogP contribution < -0.4 is 5.32 Å². The number of aliphatic hydroxyl groups excluding tert-OH is 1. The molecule has 90 valence electrons. The van der Waals surface area contributed by atoms with E-state index < -0.39 is 0 Å². The van der Waals surface area contributed by atoms with Gasteiger partial charge in [0, 0.05) is 22.5 Å². The Hall–Kier alpha value is -0.670. The van der Waals surface area contributed by atoms with E-state index in [0.717, 1.165) is 18.7 Å². The Kier molecular flexibility index (Phi) is 5.16. The molecule has 0 aliphatic carbocycles. The molecule has 1 aromatic carbocycles. The van der Waals surface area contributed by atoms with Gasteiger partial charge >= 0.3 is 0 Å². The zero-order chi connectivity index (χ0) is 12.0. The van der Waals surface area contributed by atoms with E-state index in [1.807, 2.05) is 0 Å². The van der Waals surface area contributed by atoms with Gasteiger partial charge in [-0.05, 0) is 36.9 Å². The fourth-order valence-corrected chi connectivity index (χ4v) is 1.73. The van der Waals surface area contributed by atoms with Gasteiger partial charge in [-0.15, -0.1) is 11.8 Å². The number of benzene rings is 1. The molecule has 0 radical (unpaired) electrons. The van der Waals surface area contributed by atoms with Crippen LogP contribution >= 0.6 is 11.8 Å². The summed E-state index contributed by atoms with van der Waals surface area (Å²) in [5, 5.41) is 12.7. The maximum Gasteiger partial charge on any atom is 0.0501 e. The summed E-state index contributed by atoms with van der Waals surface area (Å²) in [5.74, 6) is 0. The summed E-state index contributed by atoms with van der Waals surface area (Å²) in [6.07, 6.45) is 3.04. The van der Waals surface area contributed by atoms with Gasteiger partial charge in [0.1, 0.15) is 0 Å². The first-order valence-electron chi connectivity index (χ1n) is 5.62. The minimum atomic E-state index is -0.0296. The quantitative estimate of drug-likeness (QED) is 0.748. The first kappa shape index (κ1) is 13.4. The van der Waals surface area contributed by atoms with Crippen LogP contribution in [0, 0.1) is 5.41 Å². The third kappa shape index (κ3) is 3.72. The number of aliphatic hydroxyl groups is 1. The van der Waals surface area contributed by atoms with Crippen LogP contribution in [-0.2, 0) is 0 Å². The lowest BCUT2D eigenvalue weighted by Gasteiger charge is -2.26. The van der Waals surface area contributed by atoms with Gasteiger partial charge in [-0.1, -0.05) is 13.8 Å². The zero-order valence-electron chi connectivity index (χ0n) is 10.3. The lowest BCUT2D eigenvalue weighted by atomic mass is 9.88. The molecule has 0 aliphatic rings. The highest BCUT2D eigenvalue weighted by molar-refractivity contribution is 7.98. The predicted octanol–water partition coefficient (Wildman–Crippen LogP) is 3.23. The molecule has 3 heteroatoms. The van der Waals surface area contributed by atoms with Gasteiger partial charge in [-0.25, -0.2) is 0 Å². The summed E-state index contributed by atoms with van der Waals surface area (Å²) in [7, 11) is 0. The van der Waals surface area contributed by atoms with Gasteiger partial charge in [-0.2, -0.15) is 0 Å². The van der Waals surface area contributed by atoms with Crippen LogP contribution in [0.4, 0.5) is 5.69 Å². The van der Waals surface area contributed by atoms with E-state index in [1.54, 1.807) is 11.8 Å². The van der Waals surface area contributed by atoms with Crippen LogP contribution in [0.25, 0.3) is 0 Å². The Morgan fingerprint density at radius 1 is 1.31 bits per heavy atom. The Balaban J connectivity index is 2.54. The van der Waals surface area contributed by atoms with Crippen molar-refractivity contribution >= 4 is 17.4 Å². The maximum absolute atomic E-state index is 9.30. The molecule has 0 aliphatic heterocycles. The highest BCUT2D eigenvalue weighted by Crippen LogP contribution is 2.22. The van der Waals surface area contributed by atoms with Gasteiger partial charge in [0.05, 0.1) is 6.61 Å². The molecule has 0 spiro atoms. The molecule has 1 aromatic rings. The summed E-state index contributed by atoms with van der Waals surface area (Å²) in [4.78, 5) is 1.27. The first-order valence-corrected chi connectivity index (χ1v) is 6.85. The summed E-state index contributed by atoms with van der Waals surface area (Å²) in [6, 6.07) is 8.38. The zero-order valence-corrected chi connectivity index (χ0v) is 11.1. The van der Waals surface area contributed by atoms with E-state index >= 15 is 0 Å². The van der Waals surface area contributed by atoms with Crippen LogP contribution in [0.2, 0.25) is 0 Å². The number of thioether (sulfide) groups is 1. The fraction of sp³-hybridized carbons (Fsp3) is 0.538. The van der Waals surface area contributed by atoms with Crippen LogP contribution in [0.1, 0.15) is 20.3 Å². The SMILES string of the molecule is CCC(C)(CO)CNc1ccc(SC)cc1. The Morgan fingerprint density at radius 3 is 2.38 bits per heavy atom. The van der Waals surface area contributed by atoms with Gasteiger partial charge in [0.15, 0.2) is 0 Å². The van der Waals surface area contributed by atoms with Crippen molar-refractivity contribution in [1.29, 1.82) is 0 Å².